The Morgan fingerprint density at radius 2 is 1.82 bits per heavy atom. The lowest BCUT2D eigenvalue weighted by atomic mass is 10.0. The molecule has 0 bridgehead atoms. The number of aromatic nitrogens is 2. The Labute approximate surface area is 200 Å². The molecule has 1 saturated heterocycles. The molecule has 1 amide bonds. The molecule has 8 nitrogen and oxygen atoms in total. The fourth-order valence-corrected chi connectivity index (χ4v) is 4.14. The zero-order valence-electron chi connectivity index (χ0n) is 19.9. The Balaban J connectivity index is 1.50. The van der Waals surface area contributed by atoms with E-state index in [1.165, 1.54) is 6.21 Å². The van der Waals surface area contributed by atoms with Crippen LogP contribution in [0.25, 0.3) is 16.3 Å². The first-order valence-electron chi connectivity index (χ1n) is 11.5. The van der Waals surface area contributed by atoms with Gasteiger partial charge in [-0.05, 0) is 49.1 Å². The van der Waals surface area contributed by atoms with Crippen LogP contribution < -0.4 is 15.5 Å². The summed E-state index contributed by atoms with van der Waals surface area (Å²) in [5, 5.41) is 15.4. The molecule has 176 valence electrons. The van der Waals surface area contributed by atoms with Gasteiger partial charge in [0.05, 0.1) is 0 Å². The highest BCUT2D eigenvalue weighted by Gasteiger charge is 2.20. The van der Waals surface area contributed by atoms with Crippen LogP contribution >= 0.6 is 0 Å². The maximum atomic E-state index is 13.0. The predicted molar refractivity (Wildman–Crippen MR) is 139 cm³/mol. The molecule has 0 saturated carbocycles. The third kappa shape index (κ3) is 5.23. The SMILES string of the molecule is CN/C=C(\C=N)c1ccc2cnc(NC(=O)c3ccnc(N4CCN(C(C)C)CC4)c3)cc2c1. The molecule has 4 rings (SSSR count). The van der Waals surface area contributed by atoms with Crippen molar-refractivity contribution in [2.75, 3.05) is 43.4 Å². The van der Waals surface area contributed by atoms with Crippen molar-refractivity contribution in [2.24, 2.45) is 0 Å². The minimum Gasteiger partial charge on any atom is -0.393 e. The minimum absolute atomic E-state index is 0.220. The van der Waals surface area contributed by atoms with E-state index in [0.717, 1.165) is 53.9 Å². The first kappa shape index (κ1) is 23.4. The summed E-state index contributed by atoms with van der Waals surface area (Å²) in [6.45, 7) is 8.19. The second-order valence-electron chi connectivity index (χ2n) is 8.64. The zero-order valence-corrected chi connectivity index (χ0v) is 19.9. The monoisotopic (exact) mass is 457 g/mol. The van der Waals surface area contributed by atoms with E-state index in [9.17, 15) is 4.79 Å². The smallest absolute Gasteiger partial charge is 0.257 e. The maximum Gasteiger partial charge on any atom is 0.257 e. The van der Waals surface area contributed by atoms with Crippen LogP contribution in [0.5, 0.6) is 0 Å². The van der Waals surface area contributed by atoms with Gasteiger partial charge in [0.25, 0.3) is 5.91 Å². The molecule has 2 aromatic heterocycles. The van der Waals surface area contributed by atoms with E-state index in [2.05, 4.69) is 44.2 Å². The summed E-state index contributed by atoms with van der Waals surface area (Å²) in [6, 6.07) is 11.9. The van der Waals surface area contributed by atoms with Crippen LogP contribution in [0.3, 0.4) is 0 Å². The van der Waals surface area contributed by atoms with Gasteiger partial charge >= 0.3 is 0 Å². The number of piperazine rings is 1. The molecule has 0 radical (unpaired) electrons. The van der Waals surface area contributed by atoms with E-state index in [4.69, 9.17) is 5.41 Å². The van der Waals surface area contributed by atoms with Crippen LogP contribution in [0.1, 0.15) is 29.8 Å². The van der Waals surface area contributed by atoms with Crippen molar-refractivity contribution >= 4 is 40.1 Å². The number of nitrogens with zero attached hydrogens (tertiary/aromatic N) is 4. The van der Waals surface area contributed by atoms with Crippen LogP contribution in [0.15, 0.2) is 55.0 Å². The third-order valence-electron chi connectivity index (χ3n) is 6.13. The average Bonchev–Trinajstić information content (AvgIpc) is 2.87. The first-order valence-corrected chi connectivity index (χ1v) is 11.5. The number of carbonyl (C=O) groups excluding carboxylic acids is 1. The molecule has 3 N–H and O–H groups in total. The van der Waals surface area contributed by atoms with Gasteiger partial charge in [0.2, 0.25) is 0 Å². The number of pyridine rings is 2. The number of benzene rings is 1. The van der Waals surface area contributed by atoms with Crippen molar-refractivity contribution in [3.63, 3.8) is 0 Å². The number of nitrogens with one attached hydrogen (secondary N) is 3. The largest absolute Gasteiger partial charge is 0.393 e. The number of amides is 1. The Morgan fingerprint density at radius 3 is 2.53 bits per heavy atom. The highest BCUT2D eigenvalue weighted by atomic mass is 16.1. The number of rotatable bonds is 7. The van der Waals surface area contributed by atoms with Crippen LogP contribution in [0, 0.1) is 5.41 Å². The van der Waals surface area contributed by atoms with Crippen LogP contribution in [0.2, 0.25) is 0 Å². The molecule has 8 heteroatoms. The Kier molecular flexibility index (Phi) is 7.18. The summed E-state index contributed by atoms with van der Waals surface area (Å²) in [5.41, 5.74) is 2.23. The quantitative estimate of drug-likeness (QED) is 0.469. The van der Waals surface area contributed by atoms with Gasteiger partial charge in [0.15, 0.2) is 0 Å². The lowest BCUT2D eigenvalue weighted by molar-refractivity contribution is 0.102. The van der Waals surface area contributed by atoms with Crippen LogP contribution in [0.4, 0.5) is 11.6 Å². The Morgan fingerprint density at radius 1 is 1.03 bits per heavy atom. The summed E-state index contributed by atoms with van der Waals surface area (Å²) in [7, 11) is 1.80. The van der Waals surface area contributed by atoms with E-state index in [-0.39, 0.29) is 5.91 Å². The molecule has 0 spiro atoms. The second kappa shape index (κ2) is 10.4. The van der Waals surface area contributed by atoms with Gasteiger partial charge in [-0.1, -0.05) is 12.1 Å². The molecular weight excluding hydrogens is 426 g/mol. The van der Waals surface area contributed by atoms with Crippen molar-refractivity contribution < 1.29 is 4.79 Å². The predicted octanol–water partition coefficient (Wildman–Crippen LogP) is 3.62. The van der Waals surface area contributed by atoms with Crippen molar-refractivity contribution in [3.05, 3.63) is 66.1 Å². The van der Waals surface area contributed by atoms with Crippen LogP contribution in [-0.4, -0.2) is 66.3 Å². The molecule has 0 atom stereocenters. The summed E-state index contributed by atoms with van der Waals surface area (Å²) < 4.78 is 0. The molecule has 1 aliphatic heterocycles. The summed E-state index contributed by atoms with van der Waals surface area (Å²) in [4.78, 5) is 26.6. The summed E-state index contributed by atoms with van der Waals surface area (Å²) >= 11 is 0. The summed E-state index contributed by atoms with van der Waals surface area (Å²) in [6.07, 6.45) is 6.52. The molecule has 34 heavy (non-hydrogen) atoms. The average molecular weight is 458 g/mol. The van der Waals surface area contributed by atoms with E-state index in [1.807, 2.05) is 30.3 Å². The topological polar surface area (TPSA) is 97.2 Å². The molecule has 1 aliphatic rings. The highest BCUT2D eigenvalue weighted by molar-refractivity contribution is 6.09. The number of fused-ring (bicyclic) bond motifs is 1. The van der Waals surface area contributed by atoms with E-state index < -0.39 is 0 Å². The fourth-order valence-electron chi connectivity index (χ4n) is 4.14. The van der Waals surface area contributed by atoms with E-state index in [1.54, 1.807) is 31.7 Å². The van der Waals surface area contributed by atoms with E-state index in [0.29, 0.717) is 17.4 Å². The van der Waals surface area contributed by atoms with E-state index >= 15 is 0 Å². The normalized spacial score (nSPS) is 14.9. The van der Waals surface area contributed by atoms with Gasteiger partial charge in [-0.25, -0.2) is 9.97 Å². The van der Waals surface area contributed by atoms with Gasteiger partial charge in [0, 0.05) is 80.6 Å². The Bertz CT molecular complexity index is 1210. The molecule has 0 aliphatic carbocycles. The molecule has 1 fully saturated rings. The number of allylic oxidation sites excluding steroid dienone is 1. The number of hydrogen-bond donors (Lipinski definition) is 3. The molecule has 1 aromatic carbocycles. The lowest BCUT2D eigenvalue weighted by Crippen LogP contribution is -2.49. The van der Waals surface area contributed by atoms with Gasteiger partial charge in [-0.3, -0.25) is 9.69 Å². The van der Waals surface area contributed by atoms with Gasteiger partial charge < -0.3 is 20.9 Å². The van der Waals surface area contributed by atoms with Crippen LogP contribution in [-0.2, 0) is 0 Å². The molecule has 3 heterocycles. The van der Waals surface area contributed by atoms with Crippen molar-refractivity contribution in [1.82, 2.24) is 20.2 Å². The molecular formula is C26H31N7O. The third-order valence-corrected chi connectivity index (χ3v) is 6.13. The van der Waals surface area contributed by atoms with Crippen molar-refractivity contribution in [1.29, 1.82) is 5.41 Å². The number of carbonyl (C=O) groups is 1. The van der Waals surface area contributed by atoms with Gasteiger partial charge in [0.1, 0.15) is 11.6 Å². The van der Waals surface area contributed by atoms with Crippen molar-refractivity contribution in [3.8, 4) is 0 Å². The standard InChI is InChI=1S/C26H31N7O/c1-18(2)32-8-10-33(11-9-32)25-14-20(6-7-29-25)26(34)31-24-13-22-12-19(23(15-27)16-28-3)4-5-21(22)17-30-24/h4-7,12-18,27-28H,8-11H2,1-3H3,(H,30,31,34)/b23-16+,27-15?. The zero-order chi connectivity index (χ0) is 24.1. The van der Waals surface area contributed by atoms with Gasteiger partial charge in [-0.15, -0.1) is 0 Å². The lowest BCUT2D eigenvalue weighted by Gasteiger charge is -2.37. The summed E-state index contributed by atoms with van der Waals surface area (Å²) in [5.74, 6) is 1.08. The first-order chi connectivity index (χ1) is 16.5. The molecule has 3 aromatic rings. The fraction of sp³-hybridized carbons (Fsp3) is 0.308. The number of hydrogen-bond acceptors (Lipinski definition) is 7. The number of anilines is 2. The van der Waals surface area contributed by atoms with Gasteiger partial charge in [-0.2, -0.15) is 0 Å². The second-order valence-corrected chi connectivity index (χ2v) is 8.64. The minimum atomic E-state index is -0.220. The maximum absolute atomic E-state index is 13.0. The Hall–Kier alpha value is -3.78. The highest BCUT2D eigenvalue weighted by Crippen LogP contribution is 2.23. The molecule has 0 unspecified atom stereocenters. The van der Waals surface area contributed by atoms with Crippen molar-refractivity contribution in [2.45, 2.75) is 19.9 Å².